The zero-order chi connectivity index (χ0) is 20.1. The van der Waals surface area contributed by atoms with Crippen LogP contribution in [0.4, 0.5) is 4.79 Å². The molecular formula is C19H25N5O3S. The smallest absolute Gasteiger partial charge is 0.318 e. The number of urea groups is 1. The Morgan fingerprint density at radius 1 is 1.21 bits per heavy atom. The highest BCUT2D eigenvalue weighted by Crippen LogP contribution is 2.36. The number of thioether (sulfide) groups is 1. The summed E-state index contributed by atoms with van der Waals surface area (Å²) in [6.07, 6.45) is 5.66. The highest BCUT2D eigenvalue weighted by molar-refractivity contribution is 8.00. The van der Waals surface area contributed by atoms with Gasteiger partial charge in [0, 0.05) is 11.6 Å². The molecule has 0 spiro atoms. The normalized spacial score (nSPS) is 15.8. The number of aromatic nitrogens is 3. The van der Waals surface area contributed by atoms with E-state index in [1.54, 1.807) is 14.0 Å². The highest BCUT2D eigenvalue weighted by atomic mass is 32.2. The summed E-state index contributed by atoms with van der Waals surface area (Å²) < 4.78 is 7.38. The molecule has 0 bridgehead atoms. The van der Waals surface area contributed by atoms with E-state index in [1.165, 1.54) is 18.2 Å². The van der Waals surface area contributed by atoms with Crippen molar-refractivity contribution in [2.45, 2.75) is 55.5 Å². The van der Waals surface area contributed by atoms with E-state index in [-0.39, 0.29) is 6.04 Å². The van der Waals surface area contributed by atoms with Gasteiger partial charge in [0.25, 0.3) is 0 Å². The number of imide groups is 1. The number of nitrogens with two attached hydrogens (primary N) is 1. The Morgan fingerprint density at radius 3 is 2.50 bits per heavy atom. The fraction of sp³-hybridized carbons (Fsp3) is 0.474. The molecule has 1 atom stereocenters. The third kappa shape index (κ3) is 4.64. The van der Waals surface area contributed by atoms with Gasteiger partial charge < -0.3 is 10.5 Å². The molecule has 3 N–H and O–H groups in total. The average molecular weight is 404 g/mol. The molecule has 1 aromatic heterocycles. The Hall–Kier alpha value is -2.55. The first-order valence-corrected chi connectivity index (χ1v) is 10.2. The lowest BCUT2D eigenvalue weighted by molar-refractivity contribution is -0.119. The number of benzene rings is 1. The minimum atomic E-state index is -0.856. The summed E-state index contributed by atoms with van der Waals surface area (Å²) in [7, 11) is 1.63. The number of hydrogen-bond acceptors (Lipinski definition) is 6. The Kier molecular flexibility index (Phi) is 6.56. The van der Waals surface area contributed by atoms with Gasteiger partial charge in [0.2, 0.25) is 5.91 Å². The van der Waals surface area contributed by atoms with Crippen molar-refractivity contribution in [3.63, 3.8) is 0 Å². The van der Waals surface area contributed by atoms with Crippen LogP contribution in [0.5, 0.6) is 5.75 Å². The monoisotopic (exact) mass is 403 g/mol. The molecule has 150 valence electrons. The van der Waals surface area contributed by atoms with Crippen LogP contribution >= 0.6 is 11.8 Å². The number of nitrogens with one attached hydrogen (secondary N) is 1. The van der Waals surface area contributed by atoms with E-state index < -0.39 is 17.2 Å². The summed E-state index contributed by atoms with van der Waals surface area (Å²) in [5, 5.41) is 11.0. The number of carbonyl (C=O) groups excluding carboxylic acids is 2. The Morgan fingerprint density at radius 2 is 1.89 bits per heavy atom. The van der Waals surface area contributed by atoms with Gasteiger partial charge in [0.1, 0.15) is 5.75 Å². The van der Waals surface area contributed by atoms with Gasteiger partial charge >= 0.3 is 6.03 Å². The van der Waals surface area contributed by atoms with E-state index in [2.05, 4.69) is 20.1 Å². The van der Waals surface area contributed by atoms with Crippen molar-refractivity contribution in [1.82, 2.24) is 20.1 Å². The standard InChI is InChI=1S/C19H25N5O3S/c1-12(17(25)21-18(20)26)28-19-23-22-16(13-8-10-15(27-2)11-9-13)24(19)14-6-4-3-5-7-14/h8-12,14H,3-7H2,1-2H3,(H3,20,21,25,26). The van der Waals surface area contributed by atoms with Crippen LogP contribution in [-0.2, 0) is 4.79 Å². The molecule has 1 aliphatic carbocycles. The zero-order valence-corrected chi connectivity index (χ0v) is 16.9. The topological polar surface area (TPSA) is 112 Å². The SMILES string of the molecule is COc1ccc(-c2nnc(SC(C)C(=O)NC(N)=O)n2C2CCCCC2)cc1. The van der Waals surface area contributed by atoms with Crippen LogP contribution in [0.3, 0.4) is 0 Å². The first-order valence-electron chi connectivity index (χ1n) is 9.36. The molecule has 9 heteroatoms. The predicted molar refractivity (Wildman–Crippen MR) is 107 cm³/mol. The van der Waals surface area contributed by atoms with Gasteiger partial charge in [-0.2, -0.15) is 0 Å². The highest BCUT2D eigenvalue weighted by Gasteiger charge is 2.26. The van der Waals surface area contributed by atoms with Crippen LogP contribution in [-0.4, -0.2) is 39.1 Å². The molecule has 28 heavy (non-hydrogen) atoms. The maximum atomic E-state index is 12.1. The summed E-state index contributed by atoms with van der Waals surface area (Å²) >= 11 is 1.28. The Labute approximate surface area is 168 Å². The second-order valence-corrected chi connectivity index (χ2v) is 8.12. The summed E-state index contributed by atoms with van der Waals surface area (Å²) in [6, 6.07) is 7.13. The lowest BCUT2D eigenvalue weighted by atomic mass is 9.95. The third-order valence-corrected chi connectivity index (χ3v) is 5.91. The van der Waals surface area contributed by atoms with E-state index in [0.29, 0.717) is 5.16 Å². The molecule has 1 heterocycles. The van der Waals surface area contributed by atoms with Crippen molar-refractivity contribution in [2.24, 2.45) is 5.73 Å². The number of primary amides is 1. The molecule has 8 nitrogen and oxygen atoms in total. The van der Waals surface area contributed by atoms with E-state index in [0.717, 1.165) is 42.8 Å². The second-order valence-electron chi connectivity index (χ2n) is 6.81. The molecule has 0 radical (unpaired) electrons. The minimum absolute atomic E-state index is 0.287. The van der Waals surface area contributed by atoms with Crippen molar-refractivity contribution in [2.75, 3.05) is 7.11 Å². The largest absolute Gasteiger partial charge is 0.497 e. The number of ether oxygens (including phenoxy) is 1. The molecule has 1 aromatic carbocycles. The zero-order valence-electron chi connectivity index (χ0n) is 16.1. The summed E-state index contributed by atoms with van der Waals surface area (Å²) in [4.78, 5) is 23.0. The average Bonchev–Trinajstić information content (AvgIpc) is 3.11. The van der Waals surface area contributed by atoms with Crippen LogP contribution in [0.1, 0.15) is 45.1 Å². The van der Waals surface area contributed by atoms with Crippen LogP contribution in [0.25, 0.3) is 11.4 Å². The quantitative estimate of drug-likeness (QED) is 0.717. The van der Waals surface area contributed by atoms with Gasteiger partial charge in [0.15, 0.2) is 11.0 Å². The van der Waals surface area contributed by atoms with Crippen LogP contribution in [0.15, 0.2) is 29.4 Å². The molecule has 2 aromatic rings. The maximum Gasteiger partial charge on any atom is 0.318 e. The van der Waals surface area contributed by atoms with Gasteiger partial charge in [-0.05, 0) is 44.0 Å². The molecule has 3 amide bonds. The van der Waals surface area contributed by atoms with Crippen molar-refractivity contribution in [1.29, 1.82) is 0 Å². The number of nitrogens with zero attached hydrogens (tertiary/aromatic N) is 3. The molecule has 0 aliphatic heterocycles. The fourth-order valence-electron chi connectivity index (χ4n) is 3.40. The molecule has 0 saturated heterocycles. The first-order chi connectivity index (χ1) is 13.5. The Balaban J connectivity index is 1.92. The number of methoxy groups -OCH3 is 1. The molecular weight excluding hydrogens is 378 g/mol. The van der Waals surface area contributed by atoms with Crippen LogP contribution < -0.4 is 15.8 Å². The van der Waals surface area contributed by atoms with E-state index in [9.17, 15) is 9.59 Å². The lowest BCUT2D eigenvalue weighted by Crippen LogP contribution is -2.39. The fourth-order valence-corrected chi connectivity index (χ4v) is 4.32. The molecule has 3 rings (SSSR count). The van der Waals surface area contributed by atoms with Gasteiger partial charge in [-0.15, -0.1) is 10.2 Å². The number of hydrogen-bond donors (Lipinski definition) is 2. The van der Waals surface area contributed by atoms with E-state index in [1.807, 2.05) is 24.3 Å². The number of carbonyl (C=O) groups is 2. The van der Waals surface area contributed by atoms with Crippen LogP contribution in [0.2, 0.25) is 0 Å². The van der Waals surface area contributed by atoms with Crippen molar-refractivity contribution in [3.05, 3.63) is 24.3 Å². The third-order valence-electron chi connectivity index (χ3n) is 4.85. The van der Waals surface area contributed by atoms with Gasteiger partial charge in [-0.3, -0.25) is 14.7 Å². The van der Waals surface area contributed by atoms with Gasteiger partial charge in [-0.1, -0.05) is 31.0 Å². The summed E-state index contributed by atoms with van der Waals surface area (Å²) in [5.41, 5.74) is 6.00. The number of amides is 3. The van der Waals surface area contributed by atoms with E-state index in [4.69, 9.17) is 10.5 Å². The van der Waals surface area contributed by atoms with Gasteiger partial charge in [-0.25, -0.2) is 4.79 Å². The van der Waals surface area contributed by atoms with Crippen molar-refractivity contribution >= 4 is 23.7 Å². The summed E-state index contributed by atoms with van der Waals surface area (Å²) in [5.74, 6) is 1.11. The van der Waals surface area contributed by atoms with Gasteiger partial charge in [0.05, 0.1) is 12.4 Å². The maximum absolute atomic E-state index is 12.1. The molecule has 1 saturated carbocycles. The molecule has 1 fully saturated rings. The minimum Gasteiger partial charge on any atom is -0.497 e. The van der Waals surface area contributed by atoms with Crippen molar-refractivity contribution < 1.29 is 14.3 Å². The molecule has 1 aliphatic rings. The van der Waals surface area contributed by atoms with Crippen LogP contribution in [0, 0.1) is 0 Å². The van der Waals surface area contributed by atoms with E-state index >= 15 is 0 Å². The predicted octanol–water partition coefficient (Wildman–Crippen LogP) is 3.13. The Bertz CT molecular complexity index is 831. The first kappa shape index (κ1) is 20.2. The second kappa shape index (κ2) is 9.09. The van der Waals surface area contributed by atoms with Crippen molar-refractivity contribution in [3.8, 4) is 17.1 Å². The lowest BCUT2D eigenvalue weighted by Gasteiger charge is -2.26. The summed E-state index contributed by atoms with van der Waals surface area (Å²) in [6.45, 7) is 1.72. The number of rotatable bonds is 6. The molecule has 1 unspecified atom stereocenters.